The van der Waals surface area contributed by atoms with Gasteiger partial charge in [-0.15, -0.1) is 5.10 Å². The van der Waals surface area contributed by atoms with Gasteiger partial charge in [0.2, 0.25) is 5.95 Å². The molecule has 0 amide bonds. The number of methoxy groups -OCH3 is 2. The Bertz CT molecular complexity index is 920. The summed E-state index contributed by atoms with van der Waals surface area (Å²) in [7, 11) is 3.22. The summed E-state index contributed by atoms with van der Waals surface area (Å²) < 4.78 is 16.2. The second-order valence-corrected chi connectivity index (χ2v) is 5.76. The van der Waals surface area contributed by atoms with Crippen molar-refractivity contribution in [3.63, 3.8) is 0 Å². The molecule has 0 radical (unpaired) electrons. The van der Waals surface area contributed by atoms with Gasteiger partial charge in [-0.1, -0.05) is 18.2 Å². The van der Waals surface area contributed by atoms with E-state index in [1.165, 1.54) is 0 Å². The number of ether oxygens (including phenoxy) is 3. The minimum absolute atomic E-state index is 0.379. The predicted molar refractivity (Wildman–Crippen MR) is 108 cm³/mol. The SMILES string of the molecule is CCOc1ccccc1Nc1nncc(NCc2ccc(OC)c(OC)c2)n1. The van der Waals surface area contributed by atoms with Crippen LogP contribution in [0, 0.1) is 0 Å². The molecule has 2 aromatic carbocycles. The number of nitrogens with zero attached hydrogens (tertiary/aromatic N) is 3. The Hall–Kier alpha value is -3.55. The summed E-state index contributed by atoms with van der Waals surface area (Å²) >= 11 is 0. The first-order valence-electron chi connectivity index (χ1n) is 8.86. The number of hydrogen-bond acceptors (Lipinski definition) is 8. The number of benzene rings is 2. The highest BCUT2D eigenvalue weighted by Gasteiger charge is 2.07. The Morgan fingerprint density at radius 3 is 2.57 bits per heavy atom. The van der Waals surface area contributed by atoms with Crippen molar-refractivity contribution in [2.24, 2.45) is 0 Å². The molecular formula is C20H23N5O3. The fraction of sp³-hybridized carbons (Fsp3) is 0.250. The van der Waals surface area contributed by atoms with Gasteiger partial charge in [0.15, 0.2) is 17.3 Å². The molecule has 0 saturated heterocycles. The Labute approximate surface area is 163 Å². The number of nitrogens with one attached hydrogen (secondary N) is 2. The molecule has 0 atom stereocenters. The van der Waals surface area contributed by atoms with Crippen molar-refractivity contribution in [1.82, 2.24) is 15.2 Å². The molecule has 0 aliphatic rings. The van der Waals surface area contributed by atoms with Crippen LogP contribution in [-0.4, -0.2) is 36.0 Å². The average molecular weight is 381 g/mol. The molecule has 0 bridgehead atoms. The summed E-state index contributed by atoms with van der Waals surface area (Å²) in [6.45, 7) is 3.06. The van der Waals surface area contributed by atoms with E-state index in [-0.39, 0.29) is 0 Å². The van der Waals surface area contributed by atoms with Crippen LogP contribution in [0.3, 0.4) is 0 Å². The standard InChI is InChI=1S/C20H23N5O3/c1-4-28-16-8-6-5-7-15(16)23-20-24-19(13-22-25-20)21-12-14-9-10-17(26-2)18(11-14)27-3/h5-11,13H,4,12H2,1-3H3,(H2,21,23,24,25). The van der Waals surface area contributed by atoms with Crippen molar-refractivity contribution < 1.29 is 14.2 Å². The Morgan fingerprint density at radius 2 is 1.79 bits per heavy atom. The number of rotatable bonds is 9. The maximum atomic E-state index is 5.61. The zero-order valence-corrected chi connectivity index (χ0v) is 16.1. The maximum Gasteiger partial charge on any atom is 0.249 e. The van der Waals surface area contributed by atoms with Crippen LogP contribution in [0.15, 0.2) is 48.7 Å². The smallest absolute Gasteiger partial charge is 0.249 e. The highest BCUT2D eigenvalue weighted by Crippen LogP contribution is 2.28. The lowest BCUT2D eigenvalue weighted by Crippen LogP contribution is -2.06. The maximum absolute atomic E-state index is 5.61. The van der Waals surface area contributed by atoms with Crippen LogP contribution < -0.4 is 24.8 Å². The van der Waals surface area contributed by atoms with Gasteiger partial charge < -0.3 is 24.8 Å². The Kier molecular flexibility index (Phi) is 6.46. The summed E-state index contributed by atoms with van der Waals surface area (Å²) in [5, 5.41) is 14.4. The monoisotopic (exact) mass is 381 g/mol. The number of para-hydroxylation sites is 2. The summed E-state index contributed by atoms with van der Waals surface area (Å²) in [6.07, 6.45) is 1.57. The fourth-order valence-corrected chi connectivity index (χ4v) is 2.60. The Morgan fingerprint density at radius 1 is 0.964 bits per heavy atom. The second kappa shape index (κ2) is 9.40. The highest BCUT2D eigenvalue weighted by molar-refractivity contribution is 5.62. The van der Waals surface area contributed by atoms with Crippen LogP contribution in [0.25, 0.3) is 0 Å². The van der Waals surface area contributed by atoms with E-state index in [2.05, 4.69) is 25.8 Å². The van der Waals surface area contributed by atoms with Gasteiger partial charge in [-0.3, -0.25) is 0 Å². The van der Waals surface area contributed by atoms with E-state index < -0.39 is 0 Å². The molecule has 0 fully saturated rings. The van der Waals surface area contributed by atoms with Crippen LogP contribution >= 0.6 is 0 Å². The quantitative estimate of drug-likeness (QED) is 0.581. The minimum Gasteiger partial charge on any atom is -0.493 e. The van der Waals surface area contributed by atoms with Crippen molar-refractivity contribution in [2.75, 3.05) is 31.5 Å². The van der Waals surface area contributed by atoms with Crippen LogP contribution in [-0.2, 0) is 6.54 Å². The van der Waals surface area contributed by atoms with Crippen LogP contribution in [0.4, 0.5) is 17.5 Å². The van der Waals surface area contributed by atoms with Crippen molar-refractivity contribution in [3.8, 4) is 17.2 Å². The van der Waals surface area contributed by atoms with E-state index in [4.69, 9.17) is 14.2 Å². The number of aromatic nitrogens is 3. The molecule has 0 aliphatic carbocycles. The first-order chi connectivity index (χ1) is 13.7. The molecule has 0 saturated carbocycles. The van der Waals surface area contributed by atoms with Gasteiger partial charge in [-0.05, 0) is 36.8 Å². The molecule has 1 aromatic heterocycles. The van der Waals surface area contributed by atoms with E-state index in [1.54, 1.807) is 20.4 Å². The highest BCUT2D eigenvalue weighted by atomic mass is 16.5. The summed E-state index contributed by atoms with van der Waals surface area (Å²) in [5.74, 6) is 3.08. The zero-order chi connectivity index (χ0) is 19.8. The molecule has 146 valence electrons. The third-order valence-electron chi connectivity index (χ3n) is 3.91. The molecule has 0 unspecified atom stereocenters. The first-order valence-corrected chi connectivity index (χ1v) is 8.86. The minimum atomic E-state index is 0.379. The van der Waals surface area contributed by atoms with Gasteiger partial charge >= 0.3 is 0 Å². The lowest BCUT2D eigenvalue weighted by Gasteiger charge is -2.12. The summed E-state index contributed by atoms with van der Waals surface area (Å²) in [6, 6.07) is 13.4. The van der Waals surface area contributed by atoms with Crippen LogP contribution in [0.1, 0.15) is 12.5 Å². The largest absolute Gasteiger partial charge is 0.493 e. The molecule has 2 N–H and O–H groups in total. The molecule has 8 nitrogen and oxygen atoms in total. The van der Waals surface area contributed by atoms with E-state index >= 15 is 0 Å². The van der Waals surface area contributed by atoms with E-state index in [0.717, 1.165) is 17.0 Å². The van der Waals surface area contributed by atoms with Crippen molar-refractivity contribution in [3.05, 3.63) is 54.2 Å². The molecule has 0 spiro atoms. The van der Waals surface area contributed by atoms with E-state index in [9.17, 15) is 0 Å². The fourth-order valence-electron chi connectivity index (χ4n) is 2.60. The Balaban J connectivity index is 1.69. The first kappa shape index (κ1) is 19.2. The molecule has 8 heteroatoms. The van der Waals surface area contributed by atoms with Gasteiger partial charge in [0.1, 0.15) is 5.75 Å². The molecule has 28 heavy (non-hydrogen) atoms. The third-order valence-corrected chi connectivity index (χ3v) is 3.91. The molecule has 3 aromatic rings. The molecule has 1 heterocycles. The van der Waals surface area contributed by atoms with Crippen molar-refractivity contribution >= 4 is 17.5 Å². The van der Waals surface area contributed by atoms with Gasteiger partial charge in [0.25, 0.3) is 0 Å². The van der Waals surface area contributed by atoms with Crippen molar-refractivity contribution in [2.45, 2.75) is 13.5 Å². The lowest BCUT2D eigenvalue weighted by atomic mass is 10.2. The van der Waals surface area contributed by atoms with Gasteiger partial charge in [0, 0.05) is 6.54 Å². The van der Waals surface area contributed by atoms with E-state index in [1.807, 2.05) is 49.4 Å². The molecule has 3 rings (SSSR count). The number of anilines is 3. The van der Waals surface area contributed by atoms with Gasteiger partial charge in [-0.25, -0.2) is 0 Å². The lowest BCUT2D eigenvalue weighted by molar-refractivity contribution is 0.342. The van der Waals surface area contributed by atoms with Crippen LogP contribution in [0.2, 0.25) is 0 Å². The van der Waals surface area contributed by atoms with Gasteiger partial charge in [-0.2, -0.15) is 10.1 Å². The van der Waals surface area contributed by atoms with Gasteiger partial charge in [0.05, 0.1) is 32.7 Å². The zero-order valence-electron chi connectivity index (χ0n) is 16.1. The predicted octanol–water partition coefficient (Wildman–Crippen LogP) is 3.64. The molecule has 0 aliphatic heterocycles. The number of hydrogen-bond donors (Lipinski definition) is 2. The average Bonchev–Trinajstić information content (AvgIpc) is 2.74. The van der Waals surface area contributed by atoms with Crippen molar-refractivity contribution in [1.29, 1.82) is 0 Å². The second-order valence-electron chi connectivity index (χ2n) is 5.76. The topological polar surface area (TPSA) is 90.4 Å². The van der Waals surface area contributed by atoms with Crippen LogP contribution in [0.5, 0.6) is 17.2 Å². The normalized spacial score (nSPS) is 10.2. The summed E-state index contributed by atoms with van der Waals surface area (Å²) in [4.78, 5) is 4.45. The summed E-state index contributed by atoms with van der Waals surface area (Å²) in [5.41, 5.74) is 1.80. The molecular weight excluding hydrogens is 358 g/mol. The van der Waals surface area contributed by atoms with E-state index in [0.29, 0.717) is 36.4 Å². The third kappa shape index (κ3) is 4.79.